The molecular formula is C15H25NO4S2Si. The lowest BCUT2D eigenvalue weighted by Gasteiger charge is -2.54. The van der Waals surface area contributed by atoms with Gasteiger partial charge in [0.1, 0.15) is 4.87 Å². The Morgan fingerprint density at radius 2 is 2.09 bits per heavy atom. The average Bonchev–Trinajstić information content (AvgIpc) is 2.66. The van der Waals surface area contributed by atoms with Crippen molar-refractivity contribution < 1.29 is 19.8 Å². The van der Waals surface area contributed by atoms with Gasteiger partial charge in [0.25, 0.3) is 0 Å². The molecule has 2 aliphatic heterocycles. The van der Waals surface area contributed by atoms with E-state index in [0.29, 0.717) is 4.24 Å². The lowest BCUT2D eigenvalue weighted by atomic mass is 9.80. The maximum atomic E-state index is 12.5. The molecular weight excluding hydrogens is 350 g/mol. The molecule has 23 heavy (non-hydrogen) atoms. The number of carboxylic acids is 1. The molecule has 1 unspecified atom stereocenters. The zero-order chi connectivity index (χ0) is 17.6. The van der Waals surface area contributed by atoms with Crippen molar-refractivity contribution in [1.82, 2.24) is 4.90 Å². The van der Waals surface area contributed by atoms with Crippen LogP contribution in [0, 0.1) is 5.92 Å². The van der Waals surface area contributed by atoms with E-state index in [-0.39, 0.29) is 11.6 Å². The summed E-state index contributed by atoms with van der Waals surface area (Å²) in [5.74, 6) is -1.08. The van der Waals surface area contributed by atoms with Crippen LogP contribution in [0.25, 0.3) is 0 Å². The van der Waals surface area contributed by atoms with Crippen molar-refractivity contribution >= 4 is 43.5 Å². The summed E-state index contributed by atoms with van der Waals surface area (Å²) < 4.78 is 0.701. The Morgan fingerprint density at radius 1 is 1.48 bits per heavy atom. The van der Waals surface area contributed by atoms with Crippen LogP contribution in [0.2, 0.25) is 25.7 Å². The molecule has 2 aliphatic rings. The van der Waals surface area contributed by atoms with Crippen molar-refractivity contribution in [2.75, 3.05) is 5.75 Å². The molecule has 0 aliphatic carbocycles. The minimum Gasteiger partial charge on any atom is -0.477 e. The number of amides is 1. The minimum atomic E-state index is -1.35. The third-order valence-corrected chi connectivity index (χ3v) is 8.70. The Hall–Kier alpha value is -0.443. The SMILES string of the molecule is CCSC1=C(C(=O)O)N2C(=O)[C@H](C(C)O)[C@@]2(CC[Si](C)(C)C)S1. The molecule has 130 valence electrons. The van der Waals surface area contributed by atoms with Gasteiger partial charge in [0, 0.05) is 8.07 Å². The number of nitrogens with zero attached hydrogens (tertiary/aromatic N) is 1. The normalized spacial score (nSPS) is 28.7. The number of carbonyl (C=O) groups excluding carboxylic acids is 1. The van der Waals surface area contributed by atoms with Gasteiger partial charge in [-0.15, -0.1) is 11.8 Å². The predicted molar refractivity (Wildman–Crippen MR) is 97.9 cm³/mol. The molecule has 0 aromatic rings. The maximum absolute atomic E-state index is 12.5. The van der Waals surface area contributed by atoms with E-state index >= 15 is 0 Å². The third kappa shape index (κ3) is 3.23. The monoisotopic (exact) mass is 375 g/mol. The van der Waals surface area contributed by atoms with Crippen LogP contribution in [-0.4, -0.2) is 51.8 Å². The first-order chi connectivity index (χ1) is 10.5. The Labute approximate surface area is 146 Å². The number of thioether (sulfide) groups is 2. The van der Waals surface area contributed by atoms with Gasteiger partial charge in [0.2, 0.25) is 5.91 Å². The van der Waals surface area contributed by atoms with Crippen molar-refractivity contribution in [3.8, 4) is 0 Å². The van der Waals surface area contributed by atoms with Crippen LogP contribution in [0.1, 0.15) is 20.3 Å². The van der Waals surface area contributed by atoms with Crippen molar-refractivity contribution in [3.63, 3.8) is 0 Å². The highest BCUT2D eigenvalue weighted by Crippen LogP contribution is 2.63. The Morgan fingerprint density at radius 3 is 2.52 bits per heavy atom. The van der Waals surface area contributed by atoms with Crippen LogP contribution < -0.4 is 0 Å². The number of β-lactam (4-membered cyclic amide) rings is 1. The van der Waals surface area contributed by atoms with Gasteiger partial charge in [-0.1, -0.05) is 44.4 Å². The summed E-state index contributed by atoms with van der Waals surface area (Å²) in [6, 6.07) is 0.990. The standard InChI is InChI=1S/C15H25NO4S2Si/c1-6-21-14-11(13(19)20)16-12(18)10(9(2)17)15(16,22-14)7-8-23(3,4)5/h9-10,17H,6-8H2,1-5H3,(H,19,20)/t9?,10-,15+/m0/s1. The zero-order valence-electron chi connectivity index (χ0n) is 14.3. The van der Waals surface area contributed by atoms with E-state index in [1.807, 2.05) is 6.92 Å². The first-order valence-electron chi connectivity index (χ1n) is 7.86. The number of aliphatic hydroxyl groups is 1. The fourth-order valence-electron chi connectivity index (χ4n) is 3.17. The van der Waals surface area contributed by atoms with E-state index in [1.165, 1.54) is 28.4 Å². The van der Waals surface area contributed by atoms with E-state index in [4.69, 9.17) is 0 Å². The molecule has 0 radical (unpaired) electrons. The van der Waals surface area contributed by atoms with Gasteiger partial charge < -0.3 is 10.2 Å². The molecule has 0 bridgehead atoms. The molecule has 5 nitrogen and oxygen atoms in total. The summed E-state index contributed by atoms with van der Waals surface area (Å²) >= 11 is 2.95. The van der Waals surface area contributed by atoms with E-state index in [9.17, 15) is 19.8 Å². The van der Waals surface area contributed by atoms with Gasteiger partial charge in [-0.05, 0) is 19.1 Å². The summed E-state index contributed by atoms with van der Waals surface area (Å²) in [5.41, 5.74) is 0.110. The van der Waals surface area contributed by atoms with Crippen LogP contribution in [0.3, 0.4) is 0 Å². The molecule has 0 aromatic heterocycles. The number of carbonyl (C=O) groups is 2. The van der Waals surface area contributed by atoms with Gasteiger partial charge in [-0.2, -0.15) is 0 Å². The quantitative estimate of drug-likeness (QED) is 0.526. The fraction of sp³-hybridized carbons (Fsp3) is 0.733. The minimum absolute atomic E-state index is 0.110. The maximum Gasteiger partial charge on any atom is 0.354 e. The van der Waals surface area contributed by atoms with E-state index < -0.39 is 30.9 Å². The van der Waals surface area contributed by atoms with Crippen molar-refractivity contribution in [2.45, 2.75) is 56.9 Å². The van der Waals surface area contributed by atoms with Gasteiger partial charge in [0.05, 0.1) is 16.3 Å². The van der Waals surface area contributed by atoms with Crippen LogP contribution in [0.4, 0.5) is 0 Å². The highest BCUT2D eigenvalue weighted by Gasteiger charge is 2.68. The van der Waals surface area contributed by atoms with Gasteiger partial charge >= 0.3 is 5.97 Å². The Kier molecular flexibility index (Phi) is 5.30. The number of aliphatic carboxylic acids is 1. The Balaban J connectivity index is 2.39. The van der Waals surface area contributed by atoms with E-state index in [1.54, 1.807) is 6.92 Å². The molecule has 0 spiro atoms. The second-order valence-electron chi connectivity index (χ2n) is 7.27. The average molecular weight is 376 g/mol. The topological polar surface area (TPSA) is 77.8 Å². The highest BCUT2D eigenvalue weighted by molar-refractivity contribution is 8.23. The molecule has 3 atom stereocenters. The molecule has 0 aromatic carbocycles. The van der Waals surface area contributed by atoms with Crippen molar-refractivity contribution in [3.05, 3.63) is 9.93 Å². The fourth-order valence-corrected chi connectivity index (χ4v) is 7.58. The number of fused-ring (bicyclic) bond motifs is 1. The highest BCUT2D eigenvalue weighted by atomic mass is 32.2. The summed E-state index contributed by atoms with van der Waals surface area (Å²) in [6.45, 7) is 10.4. The molecule has 2 N–H and O–H groups in total. The number of aliphatic hydroxyl groups excluding tert-OH is 1. The van der Waals surface area contributed by atoms with Crippen LogP contribution in [0.15, 0.2) is 9.93 Å². The third-order valence-electron chi connectivity index (χ3n) is 4.23. The summed E-state index contributed by atoms with van der Waals surface area (Å²) in [5, 5.41) is 19.7. The molecule has 2 rings (SSSR count). The predicted octanol–water partition coefficient (Wildman–Crippen LogP) is 3.00. The number of hydrogen-bond donors (Lipinski definition) is 2. The van der Waals surface area contributed by atoms with Gasteiger partial charge in [-0.3, -0.25) is 9.69 Å². The first kappa shape index (κ1) is 18.9. The second kappa shape index (κ2) is 6.46. The van der Waals surface area contributed by atoms with Crippen LogP contribution >= 0.6 is 23.5 Å². The Bertz CT molecular complexity index is 558. The molecule has 2 heterocycles. The summed E-state index contributed by atoms with van der Waals surface area (Å²) in [6.07, 6.45) is -0.0342. The molecule has 1 amide bonds. The van der Waals surface area contributed by atoms with Crippen LogP contribution in [-0.2, 0) is 9.59 Å². The summed E-state index contributed by atoms with van der Waals surface area (Å²) in [4.78, 5) is 25.1. The van der Waals surface area contributed by atoms with Gasteiger partial charge in [0.15, 0.2) is 5.70 Å². The van der Waals surface area contributed by atoms with Crippen molar-refractivity contribution in [1.29, 1.82) is 0 Å². The smallest absolute Gasteiger partial charge is 0.354 e. The lowest BCUT2D eigenvalue weighted by Crippen LogP contribution is -2.70. The molecule has 1 fully saturated rings. The number of carboxylic acid groups (broad SMARTS) is 1. The van der Waals surface area contributed by atoms with E-state index in [2.05, 4.69) is 19.6 Å². The van der Waals surface area contributed by atoms with Gasteiger partial charge in [-0.25, -0.2) is 4.79 Å². The molecule has 1 saturated heterocycles. The van der Waals surface area contributed by atoms with E-state index in [0.717, 1.165) is 18.2 Å². The molecule has 8 heteroatoms. The molecule has 0 saturated carbocycles. The largest absolute Gasteiger partial charge is 0.477 e. The number of rotatable bonds is 7. The second-order valence-corrected chi connectivity index (χ2v) is 15.7. The summed E-state index contributed by atoms with van der Waals surface area (Å²) in [7, 11) is -1.35. The zero-order valence-corrected chi connectivity index (χ0v) is 16.9. The first-order valence-corrected chi connectivity index (χ1v) is 13.4. The van der Waals surface area contributed by atoms with Crippen molar-refractivity contribution in [2.24, 2.45) is 5.92 Å². The lowest BCUT2D eigenvalue weighted by molar-refractivity contribution is -0.166. The van der Waals surface area contributed by atoms with Crippen LogP contribution in [0.5, 0.6) is 0 Å². The number of hydrogen-bond acceptors (Lipinski definition) is 5.